The first-order valence-electron chi connectivity index (χ1n) is 25.3. The van der Waals surface area contributed by atoms with Gasteiger partial charge in [-0.05, 0) is 12.1 Å². The number of ether oxygens (including phenoxy) is 7. The van der Waals surface area contributed by atoms with Crippen molar-refractivity contribution in [2.45, 2.75) is 101 Å². The minimum atomic E-state index is -3.12. The van der Waals surface area contributed by atoms with Crippen molar-refractivity contribution >= 4 is 41.1 Å². The molecule has 2 saturated heterocycles. The summed E-state index contributed by atoms with van der Waals surface area (Å²) < 4.78 is 68.0. The number of aromatic nitrogens is 4. The fourth-order valence-electron chi connectivity index (χ4n) is 9.39. The van der Waals surface area contributed by atoms with E-state index in [9.17, 15) is 19.2 Å². The van der Waals surface area contributed by atoms with Crippen LogP contribution in [0, 0.1) is 6.92 Å². The van der Waals surface area contributed by atoms with Gasteiger partial charge in [-0.2, -0.15) is 0 Å². The number of amides is 1. The number of aromatic amines is 1. The van der Waals surface area contributed by atoms with E-state index in [1.807, 2.05) is 78.9 Å². The third kappa shape index (κ3) is 12.5. The van der Waals surface area contributed by atoms with Crippen LogP contribution in [0.1, 0.15) is 65.8 Å². The molecule has 19 nitrogen and oxygen atoms in total. The summed E-state index contributed by atoms with van der Waals surface area (Å²) in [5.41, 5.74) is -0.174. The Hall–Kier alpha value is -5.64. The summed E-state index contributed by atoms with van der Waals surface area (Å²) in [5.74, 6) is -2.18. The number of rotatable bonds is 21. The quantitative estimate of drug-likeness (QED) is 0.0405. The fraction of sp³-hybridized carbons (Fsp3) is 0.411. The molecule has 6 aromatic rings. The van der Waals surface area contributed by atoms with E-state index >= 15 is 0 Å². The van der Waals surface area contributed by atoms with Crippen LogP contribution in [0.4, 0.5) is 5.82 Å². The molecule has 9 atom stereocenters. The first kappa shape index (κ1) is 58.5. The first-order valence-corrected chi connectivity index (χ1v) is 32.5. The summed E-state index contributed by atoms with van der Waals surface area (Å²) in [6.07, 6.45) is -4.47. The molecule has 4 aromatic carbocycles. The van der Waals surface area contributed by atoms with Crippen LogP contribution in [0.25, 0.3) is 0 Å². The number of H-pyrrole nitrogens is 1. The molecular weight excluding hydrogens is 1100 g/mol. The average molecular weight is 1170 g/mol. The van der Waals surface area contributed by atoms with Gasteiger partial charge >= 0.3 is 409 Å². The van der Waals surface area contributed by atoms with Gasteiger partial charge in [-0.1, -0.05) is 18.2 Å². The van der Waals surface area contributed by atoms with Crippen molar-refractivity contribution in [1.29, 1.82) is 0 Å². The van der Waals surface area contributed by atoms with Crippen LogP contribution in [0.5, 0.6) is 11.5 Å². The van der Waals surface area contributed by atoms with Gasteiger partial charge in [0.1, 0.15) is 0 Å². The first-order chi connectivity index (χ1) is 37.1. The van der Waals surface area contributed by atoms with Crippen LogP contribution in [-0.2, 0) is 42.8 Å². The van der Waals surface area contributed by atoms with Crippen molar-refractivity contribution < 1.29 is 51.4 Å². The second-order valence-electron chi connectivity index (χ2n) is 20.6. The van der Waals surface area contributed by atoms with E-state index in [1.165, 1.54) is 41.8 Å². The second kappa shape index (κ2) is 24.4. The predicted molar refractivity (Wildman–Crippen MR) is 298 cm³/mol. The van der Waals surface area contributed by atoms with Gasteiger partial charge in [0.05, 0.1) is 14.2 Å². The molecule has 78 heavy (non-hydrogen) atoms. The Bertz CT molecular complexity index is 3200. The molecule has 0 bridgehead atoms. The molecule has 1 unspecified atom stereocenters. The Morgan fingerprint density at radius 3 is 1.79 bits per heavy atom. The number of hydrogen-bond acceptors (Lipinski definition) is 15. The molecule has 2 aliphatic heterocycles. The topological polar surface area (TPSA) is 211 Å². The summed E-state index contributed by atoms with van der Waals surface area (Å²) in [5, 5.41) is 2.46. The Morgan fingerprint density at radius 2 is 1.26 bits per heavy atom. The number of aryl methyl sites for hydroxylation is 1. The van der Waals surface area contributed by atoms with Gasteiger partial charge in [-0.3, -0.25) is 4.79 Å². The molecule has 1 amide bonds. The van der Waals surface area contributed by atoms with E-state index in [4.69, 9.17) is 46.6 Å². The molecule has 2 aromatic heterocycles. The molecule has 4 heterocycles. The zero-order valence-electron chi connectivity index (χ0n) is 45.6. The number of anilines is 1. The number of nitrogens with one attached hydrogen (secondary N) is 2. The summed E-state index contributed by atoms with van der Waals surface area (Å²) in [6.45, 7) is 13.8. The summed E-state index contributed by atoms with van der Waals surface area (Å²) in [4.78, 5) is 59.7. The van der Waals surface area contributed by atoms with Crippen molar-refractivity contribution in [2.75, 3.05) is 53.6 Å². The Balaban J connectivity index is 1.13. The van der Waals surface area contributed by atoms with Crippen LogP contribution in [-0.4, -0.2) is 133 Å². The molecule has 416 valence electrons. The van der Waals surface area contributed by atoms with Gasteiger partial charge in [-0.25, -0.2) is 0 Å². The third-order valence-corrected chi connectivity index (χ3v) is 21.5. The molecule has 2 fully saturated rings. The number of nitrogens with zero attached hydrogens (tertiary/aromatic N) is 3. The number of carbonyl (C=O) groups excluding carboxylic acids is 1. The van der Waals surface area contributed by atoms with Gasteiger partial charge in [0.25, 0.3) is 0 Å². The maximum absolute atomic E-state index is 13.9. The maximum atomic E-state index is 13.9. The number of carbonyl (C=O) groups is 1. The molecule has 0 spiro atoms. The van der Waals surface area contributed by atoms with E-state index < -0.39 is 91.8 Å². The van der Waals surface area contributed by atoms with E-state index in [0.29, 0.717) is 17.1 Å². The number of benzene rings is 4. The fourth-order valence-corrected chi connectivity index (χ4v) is 12.9. The van der Waals surface area contributed by atoms with Gasteiger partial charge in [0, 0.05) is 5.56 Å². The molecule has 22 heteroatoms. The molecule has 2 N–H and O–H groups in total. The van der Waals surface area contributed by atoms with Crippen molar-refractivity contribution in [1.82, 2.24) is 19.1 Å². The van der Waals surface area contributed by atoms with Crippen LogP contribution >= 0.6 is 5.96 Å². The van der Waals surface area contributed by atoms with E-state index in [1.54, 1.807) is 58.1 Å². The van der Waals surface area contributed by atoms with E-state index in [0.717, 1.165) is 16.7 Å². The second-order valence-corrected chi connectivity index (χ2v) is 31.6. The Labute approximate surface area is 461 Å². The predicted octanol–water partition coefficient (Wildman–Crippen LogP) is 7.56. The molecule has 0 radical (unpaired) electrons. The van der Waals surface area contributed by atoms with E-state index in [-0.39, 0.29) is 29.6 Å². The van der Waals surface area contributed by atoms with Gasteiger partial charge in [0.2, 0.25) is 0 Å². The Kier molecular flexibility index (Phi) is 18.3. The summed E-state index contributed by atoms with van der Waals surface area (Å²) in [7, 11) is 3.66. The van der Waals surface area contributed by atoms with Gasteiger partial charge in [-0.15, -0.1) is 0 Å². The van der Waals surface area contributed by atoms with Crippen LogP contribution < -0.4 is 31.7 Å². The van der Waals surface area contributed by atoms with Crippen LogP contribution in [0.3, 0.4) is 0 Å². The monoisotopic (exact) mass is 1170 g/mol. The normalized spacial score (nSPS) is 22.4. The number of hydrogen-bond donors (Lipinski definition) is 2. The average Bonchev–Trinajstić information content (AvgIpc) is 3.98. The standard InChI is InChI=1S/C56H68N5O14PSeSi/c1-35-32-61(54(65)59-49(35)62)52-47(68-7)45(42(72-52)33-70-56(37-20-16-13-17-21-37,38-22-26-40(66-5)27-23-38)39-24-28-41(67-6)29-25-39)74-76(9,77)71-34-43-46(75-78(10,11)55(2,3)4)48(69-8)51(73-43)60-31-30-44(58-53(60)64)57-50(63)36-18-14-12-15-19-36/h12-32,42-43,45-48,51-52H,33-34H2,1-11H3,(H,59,62,65)(H,57,58,63,64)/t42-,43-,45-,46-,47-,48-,51-,52-,76?/m1/s1. The van der Waals surface area contributed by atoms with Crippen molar-refractivity contribution in [3.63, 3.8) is 0 Å². The van der Waals surface area contributed by atoms with E-state index in [2.05, 4.69) is 64.2 Å². The number of methoxy groups -OCH3 is 4. The molecule has 8 rings (SSSR count). The summed E-state index contributed by atoms with van der Waals surface area (Å²) >= 11 is 3.18. The van der Waals surface area contributed by atoms with Crippen molar-refractivity contribution in [3.05, 3.63) is 187 Å². The van der Waals surface area contributed by atoms with Crippen molar-refractivity contribution in [2.24, 2.45) is 0 Å². The van der Waals surface area contributed by atoms with Gasteiger partial charge in [0.15, 0.2) is 0 Å². The zero-order chi connectivity index (χ0) is 56.2. The van der Waals surface area contributed by atoms with Crippen LogP contribution in [0.2, 0.25) is 18.1 Å². The Morgan fingerprint density at radius 1 is 0.731 bits per heavy atom. The SMILES string of the molecule is COc1ccc(C(OC[C@H]2O[C@@H](n3cc(C)c(=O)[nH]c3=O)[C@H](OC)[C@@H]2OP(C)(=[Se])OC[C@H]2O[C@@H](n3ccc(NC(=O)c4ccccc4)nc3=O)[C@H](OC)[C@@H]2O[Si](C)(C)C(C)(C)C)(c2ccccc2)c2ccc(OC)cc2)cc1. The molecule has 0 saturated carbocycles. The third-order valence-electron chi connectivity index (χ3n) is 14.6. The molecular formula is C56H68N5O14PSeSi. The molecule has 0 aliphatic carbocycles. The zero-order valence-corrected chi connectivity index (χ0v) is 49.2. The van der Waals surface area contributed by atoms with Crippen LogP contribution in [0.15, 0.2) is 142 Å². The summed E-state index contributed by atoms with van der Waals surface area (Å²) in [6, 6.07) is 35.2. The minimum absolute atomic E-state index is 0.0641. The van der Waals surface area contributed by atoms with Gasteiger partial charge < -0.3 is 0 Å². The van der Waals surface area contributed by atoms with Crippen molar-refractivity contribution in [3.8, 4) is 11.5 Å². The molecule has 2 aliphatic rings.